The van der Waals surface area contributed by atoms with Crippen LogP contribution in [0.5, 0.6) is 0 Å². The fourth-order valence-electron chi connectivity index (χ4n) is 1.99. The van der Waals surface area contributed by atoms with E-state index in [0.29, 0.717) is 24.1 Å². The number of nitrogens with zero attached hydrogens (tertiary/aromatic N) is 4. The Morgan fingerprint density at radius 1 is 0.957 bits per heavy atom. The predicted octanol–water partition coefficient (Wildman–Crippen LogP) is 2.16. The Bertz CT molecular complexity index is 738. The highest BCUT2D eigenvalue weighted by Crippen LogP contribution is 2.14. The van der Waals surface area contributed by atoms with Crippen LogP contribution in [0.4, 0.5) is 17.6 Å². The minimum Gasteiger partial charge on any atom is -0.387 e. The second-order valence-electron chi connectivity index (χ2n) is 4.79. The Morgan fingerprint density at radius 3 is 2.57 bits per heavy atom. The van der Waals surface area contributed by atoms with Gasteiger partial charge in [-0.3, -0.25) is 0 Å². The minimum absolute atomic E-state index is 0.320. The van der Waals surface area contributed by atoms with Crippen LogP contribution in [0.3, 0.4) is 0 Å². The average Bonchev–Trinajstić information content (AvgIpc) is 2.62. The number of rotatable bonds is 6. The van der Waals surface area contributed by atoms with Crippen molar-refractivity contribution in [1.29, 1.82) is 0 Å². The second-order valence-corrected chi connectivity index (χ2v) is 4.79. The van der Waals surface area contributed by atoms with Crippen molar-refractivity contribution in [2.45, 2.75) is 6.10 Å². The molecule has 3 aromatic rings. The predicted molar refractivity (Wildman–Crippen MR) is 87.2 cm³/mol. The van der Waals surface area contributed by atoms with Crippen LogP contribution < -0.4 is 10.6 Å². The molecule has 3 N–H and O–H groups in total. The van der Waals surface area contributed by atoms with Crippen molar-refractivity contribution < 1.29 is 5.11 Å². The van der Waals surface area contributed by atoms with Gasteiger partial charge >= 0.3 is 0 Å². The Hall–Kier alpha value is -3.06. The van der Waals surface area contributed by atoms with E-state index in [9.17, 15) is 5.11 Å². The zero-order chi connectivity index (χ0) is 15.9. The number of aromatic nitrogens is 4. The zero-order valence-electron chi connectivity index (χ0n) is 12.3. The van der Waals surface area contributed by atoms with Gasteiger partial charge in [-0.2, -0.15) is 4.98 Å². The number of aliphatic hydroxyl groups is 1. The smallest absolute Gasteiger partial charge is 0.224 e. The van der Waals surface area contributed by atoms with Crippen LogP contribution in [0.15, 0.2) is 61.2 Å². The van der Waals surface area contributed by atoms with E-state index in [-0.39, 0.29) is 0 Å². The van der Waals surface area contributed by atoms with Crippen molar-refractivity contribution in [3.63, 3.8) is 0 Å². The first-order valence-corrected chi connectivity index (χ1v) is 7.14. The molecule has 0 aliphatic heterocycles. The van der Waals surface area contributed by atoms with Gasteiger partial charge in [0.25, 0.3) is 0 Å². The Kier molecular flexibility index (Phi) is 4.70. The van der Waals surface area contributed by atoms with E-state index in [1.807, 2.05) is 30.3 Å². The summed E-state index contributed by atoms with van der Waals surface area (Å²) in [6.07, 6.45) is 4.11. The van der Waals surface area contributed by atoms with Crippen molar-refractivity contribution >= 4 is 17.6 Å². The van der Waals surface area contributed by atoms with Gasteiger partial charge in [-0.15, -0.1) is 0 Å². The lowest BCUT2D eigenvalue weighted by atomic mass is 10.1. The molecule has 1 atom stereocenters. The topological polar surface area (TPSA) is 95.8 Å². The number of hydrogen-bond donors (Lipinski definition) is 3. The lowest BCUT2D eigenvalue weighted by Gasteiger charge is -2.12. The molecule has 0 aliphatic rings. The molecule has 0 fully saturated rings. The quantitative estimate of drug-likeness (QED) is 0.642. The van der Waals surface area contributed by atoms with Gasteiger partial charge in [-0.05, 0) is 17.7 Å². The molecular formula is C16H16N6O. The molecule has 0 unspecified atom stereocenters. The number of aliphatic hydroxyl groups excluding tert-OH is 1. The number of benzene rings is 1. The lowest BCUT2D eigenvalue weighted by molar-refractivity contribution is 0.191. The molecule has 23 heavy (non-hydrogen) atoms. The summed E-state index contributed by atoms with van der Waals surface area (Å²) in [6.45, 7) is 0.320. The van der Waals surface area contributed by atoms with Crippen LogP contribution in [0, 0.1) is 0 Å². The lowest BCUT2D eigenvalue weighted by Crippen LogP contribution is -2.14. The Morgan fingerprint density at radius 2 is 1.78 bits per heavy atom. The standard InChI is InChI=1S/C16H16N6O/c23-13(12-4-2-1-3-5-12)10-19-16-18-9-7-15(22-16)21-14-6-8-17-11-20-14/h1-9,11,13,23H,10H2,(H2,17,18,19,20,21,22)/t13-/m1/s1. The summed E-state index contributed by atoms with van der Waals surface area (Å²) in [4.78, 5) is 16.4. The van der Waals surface area contributed by atoms with Gasteiger partial charge in [0.2, 0.25) is 5.95 Å². The summed E-state index contributed by atoms with van der Waals surface area (Å²) in [5.41, 5.74) is 0.843. The van der Waals surface area contributed by atoms with Crippen LogP contribution >= 0.6 is 0 Å². The Labute approximate surface area is 133 Å². The van der Waals surface area contributed by atoms with Crippen molar-refractivity contribution in [2.24, 2.45) is 0 Å². The van der Waals surface area contributed by atoms with Gasteiger partial charge in [-0.25, -0.2) is 15.0 Å². The first-order chi connectivity index (χ1) is 11.3. The zero-order valence-corrected chi connectivity index (χ0v) is 12.3. The molecule has 3 rings (SSSR count). The molecule has 0 saturated carbocycles. The highest BCUT2D eigenvalue weighted by atomic mass is 16.3. The molecule has 2 heterocycles. The number of hydrogen-bond acceptors (Lipinski definition) is 7. The van der Waals surface area contributed by atoms with E-state index >= 15 is 0 Å². The van der Waals surface area contributed by atoms with Crippen LogP contribution in [-0.4, -0.2) is 31.6 Å². The molecule has 0 spiro atoms. The van der Waals surface area contributed by atoms with Crippen molar-refractivity contribution in [1.82, 2.24) is 19.9 Å². The molecule has 116 valence electrons. The normalized spacial score (nSPS) is 11.7. The summed E-state index contributed by atoms with van der Waals surface area (Å²) < 4.78 is 0. The second kappa shape index (κ2) is 7.28. The van der Waals surface area contributed by atoms with Crippen molar-refractivity contribution in [2.75, 3.05) is 17.2 Å². The molecule has 0 bridgehead atoms. The fourth-order valence-corrected chi connectivity index (χ4v) is 1.99. The van der Waals surface area contributed by atoms with E-state index in [2.05, 4.69) is 30.6 Å². The Balaban J connectivity index is 1.61. The summed E-state index contributed by atoms with van der Waals surface area (Å²) in [5, 5.41) is 16.2. The van der Waals surface area contributed by atoms with Gasteiger partial charge in [0.1, 0.15) is 18.0 Å². The number of nitrogens with one attached hydrogen (secondary N) is 2. The molecule has 7 nitrogen and oxygen atoms in total. The SMILES string of the molecule is O[C@H](CNc1nccc(Nc2ccncn2)n1)c1ccccc1. The largest absolute Gasteiger partial charge is 0.387 e. The van der Waals surface area contributed by atoms with Crippen molar-refractivity contribution in [3.05, 3.63) is 66.7 Å². The van der Waals surface area contributed by atoms with E-state index in [4.69, 9.17) is 0 Å². The third-order valence-corrected chi connectivity index (χ3v) is 3.13. The molecule has 0 saturated heterocycles. The molecular weight excluding hydrogens is 292 g/mol. The van der Waals surface area contributed by atoms with Gasteiger partial charge < -0.3 is 15.7 Å². The first kappa shape index (κ1) is 14.9. The highest BCUT2D eigenvalue weighted by molar-refractivity contribution is 5.51. The van der Waals surface area contributed by atoms with E-state index in [1.54, 1.807) is 24.5 Å². The van der Waals surface area contributed by atoms with Gasteiger partial charge in [-0.1, -0.05) is 30.3 Å². The molecule has 2 aromatic heterocycles. The highest BCUT2D eigenvalue weighted by Gasteiger charge is 2.07. The minimum atomic E-state index is -0.627. The van der Waals surface area contributed by atoms with Crippen LogP contribution in [0.1, 0.15) is 11.7 Å². The third kappa shape index (κ3) is 4.21. The van der Waals surface area contributed by atoms with Gasteiger partial charge in [0.15, 0.2) is 0 Å². The third-order valence-electron chi connectivity index (χ3n) is 3.13. The number of anilines is 3. The van der Waals surface area contributed by atoms with Crippen LogP contribution in [0.2, 0.25) is 0 Å². The summed E-state index contributed by atoms with van der Waals surface area (Å²) in [6, 6.07) is 12.9. The summed E-state index contributed by atoms with van der Waals surface area (Å²) in [5.74, 6) is 1.68. The maximum absolute atomic E-state index is 10.1. The summed E-state index contributed by atoms with van der Waals surface area (Å²) >= 11 is 0. The van der Waals surface area contributed by atoms with Crippen molar-refractivity contribution in [3.8, 4) is 0 Å². The first-order valence-electron chi connectivity index (χ1n) is 7.14. The van der Waals surface area contributed by atoms with E-state index in [1.165, 1.54) is 6.33 Å². The van der Waals surface area contributed by atoms with Gasteiger partial charge in [0, 0.05) is 18.9 Å². The molecule has 7 heteroatoms. The summed E-state index contributed by atoms with van der Waals surface area (Å²) in [7, 11) is 0. The van der Waals surface area contributed by atoms with E-state index < -0.39 is 6.10 Å². The maximum Gasteiger partial charge on any atom is 0.224 e. The molecule has 0 aliphatic carbocycles. The monoisotopic (exact) mass is 308 g/mol. The molecule has 0 radical (unpaired) electrons. The molecule has 0 amide bonds. The van der Waals surface area contributed by atoms with E-state index in [0.717, 1.165) is 5.56 Å². The van der Waals surface area contributed by atoms with Gasteiger partial charge in [0.05, 0.1) is 6.10 Å². The maximum atomic E-state index is 10.1. The molecule has 1 aromatic carbocycles. The van der Waals surface area contributed by atoms with Crippen LogP contribution in [0.25, 0.3) is 0 Å². The fraction of sp³-hybridized carbons (Fsp3) is 0.125. The average molecular weight is 308 g/mol. The van der Waals surface area contributed by atoms with Crippen LogP contribution in [-0.2, 0) is 0 Å².